The molecular formula is C10H12BN2O2. The van der Waals surface area contributed by atoms with E-state index in [-0.39, 0.29) is 0 Å². The maximum atomic E-state index is 8.46. The Morgan fingerprint density at radius 1 is 1.40 bits per heavy atom. The Hall–Kier alpha value is -1.23. The average molecular weight is 203 g/mol. The highest BCUT2D eigenvalue weighted by Gasteiger charge is 2.45. The van der Waals surface area contributed by atoms with Crippen molar-refractivity contribution in [3.05, 3.63) is 18.3 Å². The summed E-state index contributed by atoms with van der Waals surface area (Å²) < 4.78 is 4.80. The van der Waals surface area contributed by atoms with Gasteiger partial charge in [0.25, 0.3) is 0 Å². The fraction of sp³-hybridized carbons (Fsp3) is 0.500. The van der Waals surface area contributed by atoms with Crippen molar-refractivity contribution in [3.63, 3.8) is 0 Å². The van der Waals surface area contributed by atoms with Crippen molar-refractivity contribution in [1.82, 2.24) is 4.98 Å². The van der Waals surface area contributed by atoms with Gasteiger partial charge in [0.1, 0.15) is 11.6 Å². The molecule has 1 aliphatic carbocycles. The standard InChI is InChI=1S/C10H12BN2O2/c14-11-15-9-1-2-10(12-4-9)13-5-7-3-8(7)6-13/h1-2,4,7-8,14H,3,5-6H2. The molecule has 3 rings (SSSR count). The van der Waals surface area contributed by atoms with Crippen molar-refractivity contribution in [3.8, 4) is 5.75 Å². The molecule has 1 N–H and O–H groups in total. The number of anilines is 1. The Balaban J connectivity index is 1.70. The highest BCUT2D eigenvalue weighted by atomic mass is 16.5. The molecule has 1 radical (unpaired) electrons. The summed E-state index contributed by atoms with van der Waals surface area (Å²) in [6.45, 7) is 2.29. The van der Waals surface area contributed by atoms with Gasteiger partial charge in [0.05, 0.1) is 6.20 Å². The second kappa shape index (κ2) is 3.41. The Morgan fingerprint density at radius 3 is 2.80 bits per heavy atom. The van der Waals surface area contributed by atoms with E-state index >= 15 is 0 Å². The highest BCUT2D eigenvalue weighted by molar-refractivity contribution is 6.17. The maximum absolute atomic E-state index is 8.46. The van der Waals surface area contributed by atoms with Gasteiger partial charge in [0, 0.05) is 13.1 Å². The second-order valence-corrected chi connectivity index (χ2v) is 4.24. The number of fused-ring (bicyclic) bond motifs is 1. The maximum Gasteiger partial charge on any atom is 0.569 e. The van der Waals surface area contributed by atoms with E-state index in [9.17, 15) is 0 Å². The first-order valence-corrected chi connectivity index (χ1v) is 5.20. The topological polar surface area (TPSA) is 45.6 Å². The fourth-order valence-electron chi connectivity index (χ4n) is 2.28. The minimum absolute atomic E-state index is 0.561. The van der Waals surface area contributed by atoms with Gasteiger partial charge in [-0.05, 0) is 30.4 Å². The first-order chi connectivity index (χ1) is 7.36. The van der Waals surface area contributed by atoms with Crippen LogP contribution in [0.4, 0.5) is 5.82 Å². The third-order valence-electron chi connectivity index (χ3n) is 3.21. The number of nitrogens with zero attached hydrogens (tertiary/aromatic N) is 2. The van der Waals surface area contributed by atoms with E-state index in [0.29, 0.717) is 13.4 Å². The van der Waals surface area contributed by atoms with Gasteiger partial charge in [0.15, 0.2) is 0 Å². The van der Waals surface area contributed by atoms with Gasteiger partial charge in [-0.2, -0.15) is 0 Å². The molecule has 4 nitrogen and oxygen atoms in total. The molecular weight excluding hydrogens is 191 g/mol. The molecule has 77 valence electrons. The van der Waals surface area contributed by atoms with Crippen molar-refractivity contribution in [2.45, 2.75) is 6.42 Å². The predicted molar refractivity (Wildman–Crippen MR) is 56.6 cm³/mol. The minimum atomic E-state index is 0.561. The van der Waals surface area contributed by atoms with Crippen LogP contribution in [-0.4, -0.2) is 30.8 Å². The molecule has 2 aliphatic rings. The van der Waals surface area contributed by atoms with Crippen LogP contribution >= 0.6 is 0 Å². The third kappa shape index (κ3) is 1.67. The molecule has 2 fully saturated rings. The van der Waals surface area contributed by atoms with E-state index in [1.54, 1.807) is 6.20 Å². The summed E-state index contributed by atoms with van der Waals surface area (Å²) in [6, 6.07) is 3.75. The van der Waals surface area contributed by atoms with E-state index in [2.05, 4.69) is 9.88 Å². The molecule has 1 aliphatic heterocycles. The summed E-state index contributed by atoms with van der Waals surface area (Å²) in [7, 11) is 0.668. The Bertz CT molecular complexity index is 347. The molecule has 1 aromatic rings. The van der Waals surface area contributed by atoms with Crippen molar-refractivity contribution >= 4 is 13.5 Å². The van der Waals surface area contributed by atoms with Crippen molar-refractivity contribution in [1.29, 1.82) is 0 Å². The number of pyridine rings is 1. The molecule has 1 saturated carbocycles. The first-order valence-electron chi connectivity index (χ1n) is 5.20. The summed E-state index contributed by atoms with van der Waals surface area (Å²) in [5.74, 6) is 3.39. The largest absolute Gasteiger partial charge is 0.569 e. The third-order valence-corrected chi connectivity index (χ3v) is 3.21. The van der Waals surface area contributed by atoms with Crippen LogP contribution in [0.3, 0.4) is 0 Å². The Morgan fingerprint density at radius 2 is 2.20 bits per heavy atom. The van der Waals surface area contributed by atoms with Crippen molar-refractivity contribution in [2.24, 2.45) is 11.8 Å². The van der Waals surface area contributed by atoms with Gasteiger partial charge in [0.2, 0.25) is 0 Å². The first kappa shape index (κ1) is 9.03. The molecule has 1 aromatic heterocycles. The van der Waals surface area contributed by atoms with Gasteiger partial charge in [-0.25, -0.2) is 4.98 Å². The molecule has 1 saturated heterocycles. The lowest BCUT2D eigenvalue weighted by molar-refractivity contribution is 0.452. The van der Waals surface area contributed by atoms with Crippen molar-refractivity contribution in [2.75, 3.05) is 18.0 Å². The monoisotopic (exact) mass is 203 g/mol. The van der Waals surface area contributed by atoms with Gasteiger partial charge in [-0.1, -0.05) is 0 Å². The molecule has 0 amide bonds. The normalized spacial score (nSPS) is 27.4. The quantitative estimate of drug-likeness (QED) is 0.724. The van der Waals surface area contributed by atoms with Crippen LogP contribution in [0.25, 0.3) is 0 Å². The highest BCUT2D eigenvalue weighted by Crippen LogP contribution is 2.45. The fourth-order valence-corrected chi connectivity index (χ4v) is 2.28. The van der Waals surface area contributed by atoms with E-state index < -0.39 is 0 Å². The molecule has 15 heavy (non-hydrogen) atoms. The van der Waals surface area contributed by atoms with E-state index in [0.717, 1.165) is 30.7 Å². The lowest BCUT2D eigenvalue weighted by Gasteiger charge is -2.18. The SMILES string of the molecule is O[B]Oc1ccc(N2CC3CC3C2)nc1. The summed E-state index contributed by atoms with van der Waals surface area (Å²) in [5, 5.41) is 8.46. The van der Waals surface area contributed by atoms with Gasteiger partial charge in [-0.3, -0.25) is 0 Å². The number of aromatic nitrogens is 1. The molecule has 5 heteroatoms. The predicted octanol–water partition coefficient (Wildman–Crippen LogP) is 0.443. The van der Waals surface area contributed by atoms with Crippen LogP contribution < -0.4 is 9.55 Å². The van der Waals surface area contributed by atoms with Gasteiger partial charge < -0.3 is 14.6 Å². The van der Waals surface area contributed by atoms with Crippen molar-refractivity contribution < 1.29 is 9.68 Å². The minimum Gasteiger partial charge on any atom is -0.536 e. The summed E-state index contributed by atoms with van der Waals surface area (Å²) in [4.78, 5) is 6.61. The number of piperidine rings is 1. The number of hydrogen-bond acceptors (Lipinski definition) is 4. The second-order valence-electron chi connectivity index (χ2n) is 4.24. The smallest absolute Gasteiger partial charge is 0.536 e. The molecule has 0 bridgehead atoms. The van der Waals surface area contributed by atoms with Crippen LogP contribution in [0.15, 0.2) is 18.3 Å². The molecule has 2 unspecified atom stereocenters. The zero-order chi connectivity index (χ0) is 10.3. The number of rotatable bonds is 3. The van der Waals surface area contributed by atoms with E-state index in [1.807, 2.05) is 12.1 Å². The van der Waals surface area contributed by atoms with Gasteiger partial charge in [-0.15, -0.1) is 0 Å². The molecule has 0 aromatic carbocycles. The van der Waals surface area contributed by atoms with Crippen LogP contribution in [0.2, 0.25) is 0 Å². The van der Waals surface area contributed by atoms with Crippen LogP contribution in [0, 0.1) is 11.8 Å². The van der Waals surface area contributed by atoms with E-state index in [1.165, 1.54) is 6.42 Å². The zero-order valence-electron chi connectivity index (χ0n) is 8.34. The van der Waals surface area contributed by atoms with Crippen LogP contribution in [-0.2, 0) is 0 Å². The molecule has 2 heterocycles. The summed E-state index contributed by atoms with van der Waals surface area (Å²) in [6.07, 6.45) is 3.03. The Kier molecular flexibility index (Phi) is 2.06. The lowest BCUT2D eigenvalue weighted by atomic mass is 10.3. The number of hydrogen-bond donors (Lipinski definition) is 1. The van der Waals surface area contributed by atoms with Crippen LogP contribution in [0.1, 0.15) is 6.42 Å². The Labute approximate surface area is 89.2 Å². The average Bonchev–Trinajstić information content (AvgIpc) is 2.87. The molecule has 2 atom stereocenters. The molecule has 0 spiro atoms. The van der Waals surface area contributed by atoms with Crippen LogP contribution in [0.5, 0.6) is 5.75 Å². The lowest BCUT2D eigenvalue weighted by Crippen LogP contribution is -2.22. The summed E-state index contributed by atoms with van der Waals surface area (Å²) >= 11 is 0. The van der Waals surface area contributed by atoms with E-state index in [4.69, 9.17) is 9.68 Å². The van der Waals surface area contributed by atoms with Gasteiger partial charge >= 0.3 is 7.69 Å². The summed E-state index contributed by atoms with van der Waals surface area (Å²) in [5.41, 5.74) is 0. The zero-order valence-corrected chi connectivity index (χ0v) is 8.34.